The Bertz CT molecular complexity index is 920. The highest BCUT2D eigenvalue weighted by atomic mass is 35.5. The molecule has 0 unspecified atom stereocenters. The van der Waals surface area contributed by atoms with Crippen molar-refractivity contribution in [1.29, 1.82) is 0 Å². The number of carbonyl (C=O) groups is 4. The first-order chi connectivity index (χ1) is 14.8. The van der Waals surface area contributed by atoms with Gasteiger partial charge in [0.05, 0.1) is 18.5 Å². The van der Waals surface area contributed by atoms with E-state index in [0.717, 1.165) is 13.0 Å². The Morgan fingerprint density at radius 2 is 1.90 bits per heavy atom. The highest BCUT2D eigenvalue weighted by molar-refractivity contribution is 6.31. The van der Waals surface area contributed by atoms with E-state index in [-0.39, 0.29) is 42.9 Å². The van der Waals surface area contributed by atoms with Crippen molar-refractivity contribution in [3.63, 3.8) is 0 Å². The number of rotatable bonds is 5. The maximum absolute atomic E-state index is 12.7. The first kappa shape index (κ1) is 21.6. The van der Waals surface area contributed by atoms with Gasteiger partial charge < -0.3 is 19.9 Å². The maximum atomic E-state index is 12.7. The number of nitrogens with zero attached hydrogens (tertiary/aromatic N) is 2. The van der Waals surface area contributed by atoms with Crippen LogP contribution in [-0.2, 0) is 14.4 Å². The monoisotopic (exact) mass is 447 g/mol. The fraction of sp³-hybridized carbons (Fsp3) is 0.545. The molecule has 166 valence electrons. The summed E-state index contributed by atoms with van der Waals surface area (Å²) in [5.41, 5.74) is -0.268. The number of hydrogen-bond acceptors (Lipinski definition) is 5. The quantitative estimate of drug-likeness (QED) is 0.742. The van der Waals surface area contributed by atoms with Crippen LogP contribution in [0.1, 0.15) is 48.9 Å². The van der Waals surface area contributed by atoms with Crippen LogP contribution in [0.15, 0.2) is 18.2 Å². The van der Waals surface area contributed by atoms with Crippen LogP contribution in [0, 0.1) is 0 Å². The average molecular weight is 448 g/mol. The largest absolute Gasteiger partial charge is 0.486 e. The number of Topliss-reactive ketones (excluding diaryl/α,β-unsaturated/α-hetero) is 1. The molecule has 0 aliphatic carbocycles. The van der Waals surface area contributed by atoms with Crippen LogP contribution in [-0.4, -0.2) is 71.6 Å². The van der Waals surface area contributed by atoms with Gasteiger partial charge in [0.15, 0.2) is 5.78 Å². The molecule has 4 rings (SSSR count). The van der Waals surface area contributed by atoms with Gasteiger partial charge in [0.25, 0.3) is 0 Å². The average Bonchev–Trinajstić information content (AvgIpc) is 3.08. The number of nitrogens with one attached hydrogen (secondary N) is 1. The number of hydrogen-bond donors (Lipinski definition) is 1. The minimum absolute atomic E-state index is 0.0387. The highest BCUT2D eigenvalue weighted by Gasteiger charge is 2.43. The van der Waals surface area contributed by atoms with Crippen molar-refractivity contribution < 1.29 is 23.9 Å². The molecular formula is C22H26ClN3O5. The van der Waals surface area contributed by atoms with Crippen LogP contribution < -0.4 is 10.1 Å². The molecule has 1 spiro atoms. The molecule has 0 radical (unpaired) electrons. The molecule has 1 aromatic rings. The molecule has 2 saturated heterocycles. The molecule has 3 aliphatic heterocycles. The van der Waals surface area contributed by atoms with E-state index in [1.807, 2.05) is 0 Å². The third-order valence-corrected chi connectivity index (χ3v) is 6.48. The summed E-state index contributed by atoms with van der Waals surface area (Å²) in [5, 5.41) is 3.27. The van der Waals surface area contributed by atoms with Crippen LogP contribution in [0.4, 0.5) is 0 Å². The smallest absolute Gasteiger partial charge is 0.239 e. The van der Waals surface area contributed by atoms with Crippen LogP contribution in [0.25, 0.3) is 0 Å². The van der Waals surface area contributed by atoms with E-state index < -0.39 is 5.60 Å². The van der Waals surface area contributed by atoms with Gasteiger partial charge >= 0.3 is 0 Å². The zero-order valence-electron chi connectivity index (χ0n) is 17.3. The first-order valence-corrected chi connectivity index (χ1v) is 11.1. The topological polar surface area (TPSA) is 96.0 Å². The zero-order valence-corrected chi connectivity index (χ0v) is 18.1. The van der Waals surface area contributed by atoms with E-state index >= 15 is 0 Å². The lowest BCUT2D eigenvalue weighted by Gasteiger charge is -2.37. The third kappa shape index (κ3) is 4.84. The van der Waals surface area contributed by atoms with E-state index in [4.69, 9.17) is 16.3 Å². The minimum atomic E-state index is -0.741. The van der Waals surface area contributed by atoms with Gasteiger partial charge in [-0.2, -0.15) is 0 Å². The lowest BCUT2D eigenvalue weighted by molar-refractivity contribution is -0.135. The second kappa shape index (κ2) is 8.86. The van der Waals surface area contributed by atoms with Crippen molar-refractivity contribution >= 4 is 35.1 Å². The number of amides is 3. The lowest BCUT2D eigenvalue weighted by Crippen LogP contribution is -2.44. The molecule has 3 amide bonds. The maximum Gasteiger partial charge on any atom is 0.239 e. The van der Waals surface area contributed by atoms with E-state index in [0.29, 0.717) is 55.2 Å². The van der Waals surface area contributed by atoms with Gasteiger partial charge in [0.2, 0.25) is 17.7 Å². The van der Waals surface area contributed by atoms with Gasteiger partial charge in [0.1, 0.15) is 11.4 Å². The van der Waals surface area contributed by atoms with Gasteiger partial charge in [0, 0.05) is 50.5 Å². The zero-order chi connectivity index (χ0) is 22.0. The number of ether oxygens (including phenoxy) is 1. The molecule has 0 aromatic heterocycles. The Kier molecular flexibility index (Phi) is 6.18. The third-order valence-electron chi connectivity index (χ3n) is 6.25. The fourth-order valence-corrected chi connectivity index (χ4v) is 4.67. The molecule has 1 aromatic carbocycles. The lowest BCUT2D eigenvalue weighted by atomic mass is 9.84. The Hall–Kier alpha value is -2.61. The Balaban J connectivity index is 1.32. The van der Waals surface area contributed by atoms with E-state index in [2.05, 4.69) is 5.32 Å². The van der Waals surface area contributed by atoms with Crippen LogP contribution >= 0.6 is 11.6 Å². The van der Waals surface area contributed by atoms with Gasteiger partial charge in [-0.3, -0.25) is 19.2 Å². The van der Waals surface area contributed by atoms with Gasteiger partial charge in [-0.25, -0.2) is 0 Å². The minimum Gasteiger partial charge on any atom is -0.486 e. The fourth-order valence-electron chi connectivity index (χ4n) is 4.49. The summed E-state index contributed by atoms with van der Waals surface area (Å²) >= 11 is 6.00. The molecule has 2 fully saturated rings. The van der Waals surface area contributed by atoms with Crippen molar-refractivity contribution in [2.24, 2.45) is 0 Å². The van der Waals surface area contributed by atoms with Crippen molar-refractivity contribution in [3.05, 3.63) is 28.8 Å². The second-order valence-electron chi connectivity index (χ2n) is 8.43. The molecule has 8 nitrogen and oxygen atoms in total. The molecule has 9 heteroatoms. The molecule has 1 atom stereocenters. The Labute approximate surface area is 185 Å². The van der Waals surface area contributed by atoms with Crippen molar-refractivity contribution in [2.75, 3.05) is 32.7 Å². The van der Waals surface area contributed by atoms with Crippen molar-refractivity contribution in [1.82, 2.24) is 15.1 Å². The number of likely N-dealkylation sites (tertiary alicyclic amines) is 2. The number of benzene rings is 1. The van der Waals surface area contributed by atoms with Crippen LogP contribution in [0.3, 0.4) is 0 Å². The number of carbonyl (C=O) groups excluding carboxylic acids is 4. The molecular weight excluding hydrogens is 422 g/mol. The molecule has 0 saturated carbocycles. The number of ketones is 1. The summed E-state index contributed by atoms with van der Waals surface area (Å²) in [5.74, 6) is 0.194. The summed E-state index contributed by atoms with van der Waals surface area (Å²) in [6.07, 6.45) is 2.74. The number of fused-ring (bicyclic) bond motifs is 1. The van der Waals surface area contributed by atoms with Crippen LogP contribution in [0.5, 0.6) is 5.75 Å². The van der Waals surface area contributed by atoms with Crippen molar-refractivity contribution in [2.45, 2.75) is 44.1 Å². The normalized spacial score (nSPS) is 23.6. The van der Waals surface area contributed by atoms with Gasteiger partial charge in [-0.15, -0.1) is 0 Å². The van der Waals surface area contributed by atoms with E-state index in [9.17, 15) is 19.2 Å². The van der Waals surface area contributed by atoms with Crippen molar-refractivity contribution in [3.8, 4) is 5.75 Å². The molecule has 3 aliphatic rings. The summed E-state index contributed by atoms with van der Waals surface area (Å²) in [4.78, 5) is 52.5. The van der Waals surface area contributed by atoms with E-state index in [1.54, 1.807) is 23.1 Å². The summed E-state index contributed by atoms with van der Waals surface area (Å²) in [6, 6.07) is 4.99. The van der Waals surface area contributed by atoms with Crippen LogP contribution in [0.2, 0.25) is 5.02 Å². The Morgan fingerprint density at radius 1 is 1.10 bits per heavy atom. The predicted molar refractivity (Wildman–Crippen MR) is 113 cm³/mol. The second-order valence-corrected chi connectivity index (χ2v) is 8.86. The molecule has 0 bridgehead atoms. The summed E-state index contributed by atoms with van der Waals surface area (Å²) < 4.78 is 6.20. The van der Waals surface area contributed by atoms with Gasteiger partial charge in [-0.05, 0) is 31.0 Å². The van der Waals surface area contributed by atoms with E-state index in [1.165, 1.54) is 4.90 Å². The highest BCUT2D eigenvalue weighted by Crippen LogP contribution is 2.40. The summed E-state index contributed by atoms with van der Waals surface area (Å²) in [7, 11) is 0. The standard InChI is InChI=1S/C22H26ClN3O5/c23-15-3-4-18-16(12-15)17(27)13-22(31-18)6-5-21(30)26(10-7-22)14-19(28)24-8-11-25-9-1-2-20(25)29/h3-4,12H,1-2,5-11,13-14H2,(H,24,28)/t22-/m1/s1. The summed E-state index contributed by atoms with van der Waals surface area (Å²) in [6.45, 7) is 1.89. The SMILES string of the molecule is O=C(CN1CC[C@]2(CCC1=O)CC(=O)c1cc(Cl)ccc1O2)NCCN1CCCC1=O. The Morgan fingerprint density at radius 3 is 2.68 bits per heavy atom. The first-order valence-electron chi connectivity index (χ1n) is 10.7. The molecule has 3 heterocycles. The molecule has 1 N–H and O–H groups in total. The predicted octanol–water partition coefficient (Wildman–Crippen LogP) is 1.80. The number of halogens is 1. The molecule has 31 heavy (non-hydrogen) atoms. The van der Waals surface area contributed by atoms with Gasteiger partial charge in [-0.1, -0.05) is 11.6 Å².